The molecule has 2 aromatic carbocycles. The monoisotopic (exact) mass is 394 g/mol. The molecule has 0 bridgehead atoms. The molecule has 1 fully saturated rings. The van der Waals surface area contributed by atoms with Crippen LogP contribution in [0.15, 0.2) is 47.4 Å². The molecule has 1 heterocycles. The number of carbonyl (C=O) groups is 1. The molecule has 0 aliphatic carbocycles. The maximum absolute atomic E-state index is 12.5. The standard InChI is InChI=1S/C19H20Cl2N2OS/c20-15-5-6-17(21)18(11-15)25-12-13-1-3-14(4-2-13)19(24)23-9-7-16(22)8-10-23/h1-6,11,16H,7-10,12,22H2. The molecule has 0 radical (unpaired) electrons. The van der Waals surface area contributed by atoms with Crippen molar-refractivity contribution in [2.24, 2.45) is 5.73 Å². The fourth-order valence-corrected chi connectivity index (χ4v) is 4.23. The third-order valence-electron chi connectivity index (χ3n) is 4.32. The average Bonchev–Trinajstić information content (AvgIpc) is 2.63. The van der Waals surface area contributed by atoms with Crippen LogP contribution in [0, 0.1) is 0 Å². The number of hydrogen-bond acceptors (Lipinski definition) is 3. The maximum atomic E-state index is 12.5. The van der Waals surface area contributed by atoms with Crippen LogP contribution in [-0.4, -0.2) is 29.9 Å². The van der Waals surface area contributed by atoms with Crippen LogP contribution in [-0.2, 0) is 5.75 Å². The molecule has 1 saturated heterocycles. The van der Waals surface area contributed by atoms with Gasteiger partial charge in [-0.2, -0.15) is 0 Å². The Kier molecular flexibility index (Phi) is 6.29. The van der Waals surface area contributed by atoms with E-state index in [0.29, 0.717) is 10.0 Å². The Morgan fingerprint density at radius 1 is 1.12 bits per heavy atom. The van der Waals surface area contributed by atoms with Crippen LogP contribution in [0.5, 0.6) is 0 Å². The number of likely N-dealkylation sites (tertiary alicyclic amines) is 1. The van der Waals surface area contributed by atoms with E-state index in [0.717, 1.165) is 47.7 Å². The second-order valence-electron chi connectivity index (χ2n) is 6.19. The highest BCUT2D eigenvalue weighted by Crippen LogP contribution is 2.32. The first-order valence-electron chi connectivity index (χ1n) is 8.24. The molecule has 0 atom stereocenters. The van der Waals surface area contributed by atoms with Crippen molar-refractivity contribution in [2.75, 3.05) is 13.1 Å². The summed E-state index contributed by atoms with van der Waals surface area (Å²) in [5.74, 6) is 0.858. The number of benzene rings is 2. The van der Waals surface area contributed by atoms with E-state index in [1.807, 2.05) is 35.2 Å². The lowest BCUT2D eigenvalue weighted by Gasteiger charge is -2.30. The van der Waals surface area contributed by atoms with Gasteiger partial charge in [-0.05, 0) is 48.7 Å². The lowest BCUT2D eigenvalue weighted by atomic mass is 10.0. The third-order valence-corrected chi connectivity index (χ3v) is 6.12. The molecule has 2 N–H and O–H groups in total. The van der Waals surface area contributed by atoms with Gasteiger partial charge in [0.25, 0.3) is 5.91 Å². The summed E-state index contributed by atoms with van der Waals surface area (Å²) in [7, 11) is 0. The number of halogens is 2. The summed E-state index contributed by atoms with van der Waals surface area (Å²) in [4.78, 5) is 15.4. The second kappa shape index (κ2) is 8.45. The van der Waals surface area contributed by atoms with E-state index in [-0.39, 0.29) is 11.9 Å². The zero-order chi connectivity index (χ0) is 17.8. The molecule has 0 aromatic heterocycles. The van der Waals surface area contributed by atoms with E-state index >= 15 is 0 Å². The largest absolute Gasteiger partial charge is 0.339 e. The quantitative estimate of drug-likeness (QED) is 0.753. The first-order valence-corrected chi connectivity index (χ1v) is 9.99. The molecule has 1 amide bonds. The van der Waals surface area contributed by atoms with Gasteiger partial charge in [-0.1, -0.05) is 35.3 Å². The number of thioether (sulfide) groups is 1. The van der Waals surface area contributed by atoms with E-state index < -0.39 is 0 Å². The zero-order valence-corrected chi connectivity index (χ0v) is 16.1. The van der Waals surface area contributed by atoms with Crippen LogP contribution in [0.2, 0.25) is 10.0 Å². The van der Waals surface area contributed by atoms with Gasteiger partial charge >= 0.3 is 0 Å². The first-order chi connectivity index (χ1) is 12.0. The summed E-state index contributed by atoms with van der Waals surface area (Å²) < 4.78 is 0. The minimum absolute atomic E-state index is 0.0870. The van der Waals surface area contributed by atoms with Crippen LogP contribution in [0.4, 0.5) is 0 Å². The summed E-state index contributed by atoms with van der Waals surface area (Å²) in [6, 6.07) is 13.5. The third kappa shape index (κ3) is 4.91. The predicted octanol–water partition coefficient (Wildman–Crippen LogP) is 4.85. The smallest absolute Gasteiger partial charge is 0.253 e. The van der Waals surface area contributed by atoms with E-state index in [9.17, 15) is 4.79 Å². The Morgan fingerprint density at radius 2 is 1.80 bits per heavy atom. The highest BCUT2D eigenvalue weighted by atomic mass is 35.5. The van der Waals surface area contributed by atoms with Crippen molar-refractivity contribution in [2.45, 2.75) is 29.5 Å². The Morgan fingerprint density at radius 3 is 2.48 bits per heavy atom. The first kappa shape index (κ1) is 18.6. The Labute approximate surface area is 162 Å². The summed E-state index contributed by atoms with van der Waals surface area (Å²) >= 11 is 13.8. The van der Waals surface area contributed by atoms with Gasteiger partial charge in [0.2, 0.25) is 0 Å². The lowest BCUT2D eigenvalue weighted by Crippen LogP contribution is -2.42. The number of amides is 1. The van der Waals surface area contributed by atoms with E-state index in [4.69, 9.17) is 28.9 Å². The van der Waals surface area contributed by atoms with Crippen molar-refractivity contribution in [3.63, 3.8) is 0 Å². The van der Waals surface area contributed by atoms with Gasteiger partial charge in [-0.25, -0.2) is 0 Å². The van der Waals surface area contributed by atoms with Crippen molar-refractivity contribution < 1.29 is 4.79 Å². The molecule has 1 aliphatic rings. The van der Waals surface area contributed by atoms with E-state index in [1.54, 1.807) is 23.9 Å². The minimum Gasteiger partial charge on any atom is -0.339 e. The number of hydrogen-bond donors (Lipinski definition) is 1. The molecule has 1 aliphatic heterocycles. The van der Waals surface area contributed by atoms with E-state index in [2.05, 4.69) is 0 Å². The van der Waals surface area contributed by atoms with Gasteiger partial charge in [0.05, 0.1) is 5.02 Å². The fourth-order valence-electron chi connectivity index (χ4n) is 2.78. The zero-order valence-electron chi connectivity index (χ0n) is 13.8. The molecule has 132 valence electrons. The SMILES string of the molecule is NC1CCN(C(=O)c2ccc(CSc3cc(Cl)ccc3Cl)cc2)CC1. The van der Waals surface area contributed by atoms with Crippen molar-refractivity contribution in [3.8, 4) is 0 Å². The van der Waals surface area contributed by atoms with Gasteiger partial charge < -0.3 is 10.6 Å². The molecule has 2 aromatic rings. The van der Waals surface area contributed by atoms with Crippen LogP contribution >= 0.6 is 35.0 Å². The van der Waals surface area contributed by atoms with Crippen molar-refractivity contribution in [1.82, 2.24) is 4.90 Å². The van der Waals surface area contributed by atoms with Gasteiger partial charge in [0.15, 0.2) is 0 Å². The van der Waals surface area contributed by atoms with Crippen molar-refractivity contribution >= 4 is 40.9 Å². The fraction of sp³-hybridized carbons (Fsp3) is 0.316. The Bertz CT molecular complexity index is 744. The number of nitrogens with zero attached hydrogens (tertiary/aromatic N) is 1. The van der Waals surface area contributed by atoms with Crippen molar-refractivity contribution in [1.29, 1.82) is 0 Å². The number of rotatable bonds is 4. The number of nitrogens with two attached hydrogens (primary N) is 1. The topological polar surface area (TPSA) is 46.3 Å². The van der Waals surface area contributed by atoms with Gasteiger partial charge in [0.1, 0.15) is 0 Å². The predicted molar refractivity (Wildman–Crippen MR) is 106 cm³/mol. The van der Waals surface area contributed by atoms with Gasteiger partial charge in [-0.15, -0.1) is 11.8 Å². The number of piperidine rings is 1. The molecule has 3 rings (SSSR count). The molecule has 0 saturated carbocycles. The molecule has 0 spiro atoms. The summed E-state index contributed by atoms with van der Waals surface area (Å²) in [5, 5.41) is 1.37. The summed E-state index contributed by atoms with van der Waals surface area (Å²) in [6.07, 6.45) is 1.75. The Hall–Kier alpha value is -1.20. The second-order valence-corrected chi connectivity index (χ2v) is 8.05. The van der Waals surface area contributed by atoms with Crippen LogP contribution in [0.1, 0.15) is 28.8 Å². The number of carbonyl (C=O) groups excluding carboxylic acids is 1. The lowest BCUT2D eigenvalue weighted by molar-refractivity contribution is 0.0715. The molecule has 25 heavy (non-hydrogen) atoms. The molecule has 3 nitrogen and oxygen atoms in total. The molecule has 6 heteroatoms. The molecular weight excluding hydrogens is 375 g/mol. The average molecular weight is 395 g/mol. The molecular formula is C19H20Cl2N2OS. The maximum Gasteiger partial charge on any atom is 0.253 e. The summed E-state index contributed by atoms with van der Waals surface area (Å²) in [5.41, 5.74) is 7.76. The highest BCUT2D eigenvalue weighted by Gasteiger charge is 2.21. The normalized spacial score (nSPS) is 15.4. The van der Waals surface area contributed by atoms with Crippen LogP contribution in [0.25, 0.3) is 0 Å². The van der Waals surface area contributed by atoms with E-state index in [1.165, 1.54) is 0 Å². The van der Waals surface area contributed by atoms with Crippen LogP contribution < -0.4 is 5.73 Å². The van der Waals surface area contributed by atoms with Gasteiger partial charge in [0, 0.05) is 40.4 Å². The van der Waals surface area contributed by atoms with Crippen LogP contribution in [0.3, 0.4) is 0 Å². The van der Waals surface area contributed by atoms with Gasteiger partial charge in [-0.3, -0.25) is 4.79 Å². The van der Waals surface area contributed by atoms with Crippen molar-refractivity contribution in [3.05, 3.63) is 63.6 Å². The highest BCUT2D eigenvalue weighted by molar-refractivity contribution is 7.98. The minimum atomic E-state index is 0.0870. The summed E-state index contributed by atoms with van der Waals surface area (Å²) in [6.45, 7) is 1.48. The molecule has 0 unspecified atom stereocenters. The Balaban J connectivity index is 1.60.